The van der Waals surface area contributed by atoms with Crippen molar-refractivity contribution in [2.75, 3.05) is 0 Å². The van der Waals surface area contributed by atoms with E-state index in [1.807, 2.05) is 0 Å². The molecule has 0 bridgehead atoms. The maximum atomic E-state index is 11.1. The van der Waals surface area contributed by atoms with Crippen LogP contribution in [-0.4, -0.2) is 15.9 Å². The van der Waals surface area contributed by atoms with Crippen molar-refractivity contribution < 1.29 is 9.90 Å². The molecule has 0 aromatic carbocycles. The van der Waals surface area contributed by atoms with Gasteiger partial charge in [-0.3, -0.25) is 9.59 Å². The molecular formula is C9H8N2O3. The molecule has 0 unspecified atom stereocenters. The molecule has 2 N–H and O–H groups in total. The molecule has 0 saturated heterocycles. The van der Waals surface area contributed by atoms with Gasteiger partial charge in [-0.25, -0.2) is 0 Å². The van der Waals surface area contributed by atoms with Crippen molar-refractivity contribution in [2.45, 2.75) is 13.8 Å². The van der Waals surface area contributed by atoms with E-state index >= 15 is 0 Å². The van der Waals surface area contributed by atoms with E-state index in [4.69, 9.17) is 5.26 Å². The predicted molar refractivity (Wildman–Crippen MR) is 48.2 cm³/mol. The largest absolute Gasteiger partial charge is 0.506 e. The number of aromatic hydroxyl groups is 1. The lowest BCUT2D eigenvalue weighted by molar-refractivity contribution is 0.101. The lowest BCUT2D eigenvalue weighted by Crippen LogP contribution is -2.15. The number of Topliss-reactive ketones (excluding diaryl/α,β-unsaturated/α-hetero) is 1. The van der Waals surface area contributed by atoms with E-state index in [0.29, 0.717) is 0 Å². The maximum absolute atomic E-state index is 11.1. The zero-order valence-corrected chi connectivity index (χ0v) is 7.71. The number of aromatic amines is 1. The standard InChI is InChI=1S/C9H8N2O3/c1-4-7(5(2)12)8(13)6(3-10)9(14)11-4/h1-2H3,(H2,11,13,14). The van der Waals surface area contributed by atoms with Crippen LogP contribution in [0.1, 0.15) is 28.5 Å². The summed E-state index contributed by atoms with van der Waals surface area (Å²) >= 11 is 0. The molecule has 0 spiro atoms. The van der Waals surface area contributed by atoms with Crippen molar-refractivity contribution >= 4 is 5.78 Å². The Hall–Kier alpha value is -2.09. The number of aromatic nitrogens is 1. The summed E-state index contributed by atoms with van der Waals surface area (Å²) in [6.07, 6.45) is 0. The first-order valence-electron chi connectivity index (χ1n) is 3.86. The molecule has 0 aliphatic heterocycles. The van der Waals surface area contributed by atoms with Crippen molar-refractivity contribution in [3.8, 4) is 11.8 Å². The van der Waals surface area contributed by atoms with Crippen LogP contribution in [0.5, 0.6) is 5.75 Å². The smallest absolute Gasteiger partial charge is 0.269 e. The second kappa shape index (κ2) is 3.34. The first-order chi connectivity index (χ1) is 6.49. The van der Waals surface area contributed by atoms with Crippen LogP contribution in [0, 0.1) is 18.3 Å². The van der Waals surface area contributed by atoms with Crippen LogP contribution >= 0.6 is 0 Å². The fourth-order valence-corrected chi connectivity index (χ4v) is 1.24. The number of carbonyl (C=O) groups is 1. The Bertz CT molecular complexity index is 494. The van der Waals surface area contributed by atoms with Gasteiger partial charge in [0.05, 0.1) is 5.56 Å². The summed E-state index contributed by atoms with van der Waals surface area (Å²) in [5.41, 5.74) is -0.867. The molecule has 0 amide bonds. The summed E-state index contributed by atoms with van der Waals surface area (Å²) in [5.74, 6) is -0.936. The van der Waals surface area contributed by atoms with Gasteiger partial charge in [-0.2, -0.15) is 5.26 Å². The molecule has 1 heterocycles. The second-order valence-electron chi connectivity index (χ2n) is 2.85. The monoisotopic (exact) mass is 192 g/mol. The van der Waals surface area contributed by atoms with E-state index < -0.39 is 22.7 Å². The third-order valence-electron chi connectivity index (χ3n) is 1.84. The molecular weight excluding hydrogens is 184 g/mol. The van der Waals surface area contributed by atoms with Crippen LogP contribution in [0.4, 0.5) is 0 Å². The van der Waals surface area contributed by atoms with E-state index in [1.165, 1.54) is 13.8 Å². The number of pyridine rings is 1. The minimum atomic E-state index is -0.687. The van der Waals surface area contributed by atoms with Crippen LogP contribution in [0.15, 0.2) is 4.79 Å². The lowest BCUT2D eigenvalue weighted by atomic mass is 10.1. The number of carbonyl (C=O) groups excluding carboxylic acids is 1. The summed E-state index contributed by atoms with van der Waals surface area (Å²) < 4.78 is 0. The number of ketones is 1. The summed E-state index contributed by atoms with van der Waals surface area (Å²) in [4.78, 5) is 24.5. The number of rotatable bonds is 1. The Morgan fingerprint density at radius 3 is 2.57 bits per heavy atom. The fourth-order valence-electron chi connectivity index (χ4n) is 1.24. The van der Waals surface area contributed by atoms with Crippen molar-refractivity contribution in [1.29, 1.82) is 5.26 Å². The molecule has 0 radical (unpaired) electrons. The van der Waals surface area contributed by atoms with Gasteiger partial charge in [0.1, 0.15) is 6.07 Å². The lowest BCUT2D eigenvalue weighted by Gasteiger charge is -2.04. The molecule has 0 aliphatic rings. The first-order valence-corrected chi connectivity index (χ1v) is 3.86. The summed E-state index contributed by atoms with van der Waals surface area (Å²) in [6.45, 7) is 2.74. The van der Waals surface area contributed by atoms with Crippen molar-refractivity contribution in [2.24, 2.45) is 0 Å². The predicted octanol–water partition coefficient (Wildman–Crippen LogP) is 0.463. The Balaban J connectivity index is 3.72. The molecule has 1 aromatic rings. The number of aryl methyl sites for hydroxylation is 1. The van der Waals surface area contributed by atoms with Gasteiger partial charge in [-0.1, -0.05) is 0 Å². The topological polar surface area (TPSA) is 94.0 Å². The SMILES string of the molecule is CC(=O)c1c(C)[nH]c(=O)c(C#N)c1O. The van der Waals surface area contributed by atoms with Crippen LogP contribution in [0.3, 0.4) is 0 Å². The van der Waals surface area contributed by atoms with Crippen molar-refractivity contribution in [3.05, 3.63) is 27.2 Å². The number of hydrogen-bond acceptors (Lipinski definition) is 4. The minimum absolute atomic E-state index is 0.0128. The van der Waals surface area contributed by atoms with Gasteiger partial charge in [-0.05, 0) is 13.8 Å². The number of nitrogens with zero attached hydrogens (tertiary/aromatic N) is 1. The quantitative estimate of drug-likeness (QED) is 0.632. The summed E-state index contributed by atoms with van der Waals surface area (Å²) in [6, 6.07) is 1.54. The third-order valence-corrected chi connectivity index (χ3v) is 1.84. The molecule has 1 aromatic heterocycles. The summed E-state index contributed by atoms with van der Waals surface area (Å²) in [7, 11) is 0. The zero-order valence-electron chi connectivity index (χ0n) is 7.71. The second-order valence-corrected chi connectivity index (χ2v) is 2.85. The van der Waals surface area contributed by atoms with Crippen LogP contribution < -0.4 is 5.56 Å². The molecule has 72 valence electrons. The van der Waals surface area contributed by atoms with Crippen LogP contribution in [0.2, 0.25) is 0 Å². The molecule has 1 rings (SSSR count). The molecule has 14 heavy (non-hydrogen) atoms. The fraction of sp³-hybridized carbons (Fsp3) is 0.222. The first kappa shape index (κ1) is 9.99. The highest BCUT2D eigenvalue weighted by Gasteiger charge is 2.17. The number of nitriles is 1. The zero-order chi connectivity index (χ0) is 10.9. The maximum Gasteiger partial charge on any atom is 0.269 e. The van der Waals surface area contributed by atoms with Gasteiger partial charge in [-0.15, -0.1) is 0 Å². The Morgan fingerprint density at radius 2 is 2.14 bits per heavy atom. The highest BCUT2D eigenvalue weighted by atomic mass is 16.3. The van der Waals surface area contributed by atoms with Gasteiger partial charge < -0.3 is 10.1 Å². The number of nitrogens with one attached hydrogen (secondary N) is 1. The number of hydrogen-bond donors (Lipinski definition) is 2. The average Bonchev–Trinajstić information content (AvgIpc) is 2.02. The van der Waals surface area contributed by atoms with Gasteiger partial charge in [0.15, 0.2) is 17.1 Å². The van der Waals surface area contributed by atoms with Gasteiger partial charge in [0.25, 0.3) is 5.56 Å². The van der Waals surface area contributed by atoms with Crippen LogP contribution in [0.25, 0.3) is 0 Å². The highest BCUT2D eigenvalue weighted by Crippen LogP contribution is 2.21. The van der Waals surface area contributed by atoms with E-state index in [-0.39, 0.29) is 11.3 Å². The average molecular weight is 192 g/mol. The van der Waals surface area contributed by atoms with Gasteiger partial charge in [0.2, 0.25) is 0 Å². The van der Waals surface area contributed by atoms with E-state index in [9.17, 15) is 14.7 Å². The molecule has 0 atom stereocenters. The van der Waals surface area contributed by atoms with E-state index in [1.54, 1.807) is 6.07 Å². The Kier molecular flexibility index (Phi) is 2.38. The summed E-state index contributed by atoms with van der Waals surface area (Å²) in [5, 5.41) is 18.0. The molecule has 0 aliphatic carbocycles. The molecule has 5 nitrogen and oxygen atoms in total. The van der Waals surface area contributed by atoms with Crippen molar-refractivity contribution in [3.63, 3.8) is 0 Å². The third kappa shape index (κ3) is 1.38. The normalized spacial score (nSPS) is 9.50. The van der Waals surface area contributed by atoms with Crippen LogP contribution in [-0.2, 0) is 0 Å². The minimum Gasteiger partial charge on any atom is -0.506 e. The molecule has 0 fully saturated rings. The molecule has 0 saturated carbocycles. The molecule has 5 heteroatoms. The van der Waals surface area contributed by atoms with E-state index in [2.05, 4.69) is 4.98 Å². The highest BCUT2D eigenvalue weighted by molar-refractivity contribution is 5.98. The van der Waals surface area contributed by atoms with Gasteiger partial charge >= 0.3 is 0 Å². The van der Waals surface area contributed by atoms with E-state index in [0.717, 1.165) is 0 Å². The Labute approximate surface area is 79.6 Å². The number of H-pyrrole nitrogens is 1. The van der Waals surface area contributed by atoms with Crippen molar-refractivity contribution in [1.82, 2.24) is 4.98 Å². The van der Waals surface area contributed by atoms with Gasteiger partial charge in [0, 0.05) is 5.69 Å². The Morgan fingerprint density at radius 1 is 1.57 bits per heavy atom.